The van der Waals surface area contributed by atoms with Crippen LogP contribution in [0.4, 0.5) is 13.2 Å². The summed E-state index contributed by atoms with van der Waals surface area (Å²) in [7, 11) is -0.421. The normalized spacial score (nSPS) is 12.4. The first kappa shape index (κ1) is 30.0. The average molecular weight is 566 g/mol. The van der Waals surface area contributed by atoms with Crippen LogP contribution in [0.2, 0.25) is 0 Å². The highest BCUT2D eigenvalue weighted by atomic mass is 32.2. The number of phenolic OH excluding ortho intramolecular Hbond substituents is 1. The maximum Gasteiger partial charge on any atom is 0.419 e. The quantitative estimate of drug-likeness (QED) is 0.337. The van der Waals surface area contributed by atoms with Crippen molar-refractivity contribution < 1.29 is 41.0 Å². The third kappa shape index (κ3) is 7.73. The summed E-state index contributed by atoms with van der Waals surface area (Å²) in [6.45, 7) is 4.39. The Morgan fingerprint density at radius 1 is 0.897 bits per heavy atom. The molecule has 0 aromatic heterocycles. The molecular weight excluding hydrogens is 535 g/mol. The molecule has 0 radical (unpaired) electrons. The van der Waals surface area contributed by atoms with Crippen LogP contribution in [0.15, 0.2) is 60.7 Å². The third-order valence-electron chi connectivity index (χ3n) is 5.61. The summed E-state index contributed by atoms with van der Waals surface area (Å²) in [6.07, 6.45) is -4.87. The number of halogens is 3. The lowest BCUT2D eigenvalue weighted by Crippen LogP contribution is -2.25. The smallest absolute Gasteiger partial charge is 0.419 e. The van der Waals surface area contributed by atoms with E-state index >= 15 is 0 Å². The van der Waals surface area contributed by atoms with E-state index in [4.69, 9.17) is 9.47 Å². The lowest BCUT2D eigenvalue weighted by atomic mass is 10.0. The Hall–Kier alpha value is -3.57. The fourth-order valence-corrected chi connectivity index (χ4v) is 4.45. The van der Waals surface area contributed by atoms with Crippen LogP contribution >= 0.6 is 0 Å². The number of nitrogens with zero attached hydrogens (tertiary/aromatic N) is 1. The SMILES string of the molecule is CN(C)S(=O)(=O)Cc1ccc(-c2ccc(OCc3ccc(C(F)(F)F)c(O)c3C(=O)OC(C)(C)C)cc2)cc1. The molecule has 3 aromatic carbocycles. The van der Waals surface area contributed by atoms with E-state index in [-0.39, 0.29) is 17.9 Å². The summed E-state index contributed by atoms with van der Waals surface area (Å²) in [5.41, 5.74) is -0.604. The molecule has 0 aliphatic carbocycles. The Balaban J connectivity index is 1.79. The van der Waals surface area contributed by atoms with E-state index in [1.54, 1.807) is 69.3 Å². The van der Waals surface area contributed by atoms with E-state index in [0.717, 1.165) is 17.2 Å². The number of hydrogen-bond acceptors (Lipinski definition) is 6. The number of rotatable bonds is 8. The van der Waals surface area contributed by atoms with Crippen LogP contribution in [0, 0.1) is 0 Å². The van der Waals surface area contributed by atoms with Crippen molar-refractivity contribution in [2.75, 3.05) is 14.1 Å². The number of hydrogen-bond donors (Lipinski definition) is 1. The highest BCUT2D eigenvalue weighted by Gasteiger charge is 2.37. The Labute approximate surface area is 225 Å². The molecule has 0 saturated carbocycles. The first-order valence-electron chi connectivity index (χ1n) is 11.9. The number of carbonyl (C=O) groups excluding carboxylic acids is 1. The van der Waals surface area contributed by atoms with Crippen LogP contribution < -0.4 is 4.74 Å². The topological polar surface area (TPSA) is 93.1 Å². The summed E-state index contributed by atoms with van der Waals surface area (Å²) in [4.78, 5) is 12.7. The zero-order valence-electron chi connectivity index (χ0n) is 22.2. The van der Waals surface area contributed by atoms with Crippen LogP contribution in [0.25, 0.3) is 11.1 Å². The fourth-order valence-electron chi connectivity index (χ4n) is 3.58. The summed E-state index contributed by atoms with van der Waals surface area (Å²) < 4.78 is 76.3. The van der Waals surface area contributed by atoms with Crippen molar-refractivity contribution in [2.24, 2.45) is 0 Å². The van der Waals surface area contributed by atoms with Gasteiger partial charge < -0.3 is 14.6 Å². The van der Waals surface area contributed by atoms with Gasteiger partial charge in [0.1, 0.15) is 29.3 Å². The second kappa shape index (κ2) is 11.3. The van der Waals surface area contributed by atoms with Gasteiger partial charge >= 0.3 is 12.1 Å². The number of alkyl halides is 3. The standard InChI is InChI=1S/C28H30F3NO6S/c1-27(2,3)38-26(34)24-21(12-15-23(25(24)33)28(29,30)31)16-37-22-13-10-20(11-14-22)19-8-6-18(7-9-19)17-39(35,36)32(4)5/h6-15,33H,16-17H2,1-5H3. The molecular formula is C28H30F3NO6S. The first-order valence-corrected chi connectivity index (χ1v) is 13.5. The number of carbonyl (C=O) groups is 1. The highest BCUT2D eigenvalue weighted by Crippen LogP contribution is 2.39. The van der Waals surface area contributed by atoms with Gasteiger partial charge in [-0.05, 0) is 55.7 Å². The molecule has 7 nitrogen and oxygen atoms in total. The molecule has 0 unspecified atom stereocenters. The van der Waals surface area contributed by atoms with Gasteiger partial charge in [-0.25, -0.2) is 17.5 Å². The van der Waals surface area contributed by atoms with Crippen LogP contribution in [-0.4, -0.2) is 43.5 Å². The van der Waals surface area contributed by atoms with Gasteiger partial charge in [0, 0.05) is 19.7 Å². The second-order valence-corrected chi connectivity index (χ2v) is 12.2. The van der Waals surface area contributed by atoms with Crippen molar-refractivity contribution >= 4 is 16.0 Å². The van der Waals surface area contributed by atoms with Gasteiger partial charge in [0.15, 0.2) is 0 Å². The number of aromatic hydroxyl groups is 1. The Morgan fingerprint density at radius 2 is 1.44 bits per heavy atom. The van der Waals surface area contributed by atoms with Crippen LogP contribution in [-0.2, 0) is 33.3 Å². The molecule has 0 aliphatic rings. The predicted octanol–water partition coefficient (Wildman–Crippen LogP) is 6.00. The van der Waals surface area contributed by atoms with Gasteiger partial charge in [0.05, 0.1) is 11.3 Å². The van der Waals surface area contributed by atoms with Gasteiger partial charge in [-0.15, -0.1) is 0 Å². The van der Waals surface area contributed by atoms with Crippen molar-refractivity contribution in [3.8, 4) is 22.6 Å². The van der Waals surface area contributed by atoms with Crippen LogP contribution in [0.5, 0.6) is 11.5 Å². The van der Waals surface area contributed by atoms with E-state index in [9.17, 15) is 31.5 Å². The van der Waals surface area contributed by atoms with E-state index in [1.807, 2.05) is 0 Å². The minimum absolute atomic E-state index is 0.0297. The van der Waals surface area contributed by atoms with Crippen LogP contribution in [0.3, 0.4) is 0 Å². The summed E-state index contributed by atoms with van der Waals surface area (Å²) in [5.74, 6) is -2.04. The summed E-state index contributed by atoms with van der Waals surface area (Å²) >= 11 is 0. The maximum absolute atomic E-state index is 13.3. The first-order chi connectivity index (χ1) is 18.0. The largest absolute Gasteiger partial charge is 0.506 e. The highest BCUT2D eigenvalue weighted by molar-refractivity contribution is 7.88. The zero-order valence-corrected chi connectivity index (χ0v) is 23.0. The van der Waals surface area contributed by atoms with Gasteiger partial charge in [-0.2, -0.15) is 13.2 Å². The van der Waals surface area contributed by atoms with Gasteiger partial charge in [-0.1, -0.05) is 42.5 Å². The molecule has 210 valence electrons. The van der Waals surface area contributed by atoms with Crippen LogP contribution in [0.1, 0.15) is 47.8 Å². The molecule has 0 atom stereocenters. The second-order valence-electron chi connectivity index (χ2n) is 10.0. The number of esters is 1. The van der Waals surface area contributed by atoms with Crippen molar-refractivity contribution in [1.29, 1.82) is 0 Å². The summed E-state index contributed by atoms with van der Waals surface area (Å²) in [5, 5.41) is 10.3. The number of phenols is 1. The number of ether oxygens (including phenoxy) is 2. The molecule has 3 rings (SSSR count). The molecule has 3 aromatic rings. The molecule has 0 aliphatic heterocycles. The maximum atomic E-state index is 13.3. The molecule has 11 heteroatoms. The molecule has 39 heavy (non-hydrogen) atoms. The molecule has 0 heterocycles. The van der Waals surface area contributed by atoms with Crippen molar-refractivity contribution in [3.63, 3.8) is 0 Å². The molecule has 0 amide bonds. The third-order valence-corrected chi connectivity index (χ3v) is 7.42. The molecule has 0 bridgehead atoms. The van der Waals surface area contributed by atoms with Gasteiger partial charge in [0.25, 0.3) is 0 Å². The molecule has 0 spiro atoms. The van der Waals surface area contributed by atoms with E-state index in [1.165, 1.54) is 18.4 Å². The van der Waals surface area contributed by atoms with E-state index < -0.39 is 44.6 Å². The lowest BCUT2D eigenvalue weighted by Gasteiger charge is -2.22. The minimum atomic E-state index is -4.87. The van der Waals surface area contributed by atoms with E-state index in [0.29, 0.717) is 17.4 Å². The lowest BCUT2D eigenvalue weighted by molar-refractivity contribution is -0.138. The molecule has 0 fully saturated rings. The molecule has 0 saturated heterocycles. The average Bonchev–Trinajstić information content (AvgIpc) is 2.81. The Morgan fingerprint density at radius 3 is 1.92 bits per heavy atom. The monoisotopic (exact) mass is 565 g/mol. The minimum Gasteiger partial charge on any atom is -0.506 e. The van der Waals surface area contributed by atoms with Crippen molar-refractivity contribution in [3.05, 3.63) is 82.9 Å². The summed E-state index contributed by atoms with van der Waals surface area (Å²) in [6, 6.07) is 15.7. The number of benzene rings is 3. The molecule has 1 N–H and O–H groups in total. The Kier molecular flexibility index (Phi) is 8.66. The predicted molar refractivity (Wildman–Crippen MR) is 141 cm³/mol. The van der Waals surface area contributed by atoms with Crippen molar-refractivity contribution in [1.82, 2.24) is 4.31 Å². The van der Waals surface area contributed by atoms with Gasteiger partial charge in [0.2, 0.25) is 10.0 Å². The van der Waals surface area contributed by atoms with Gasteiger partial charge in [-0.3, -0.25) is 0 Å². The zero-order chi connectivity index (χ0) is 29.2. The van der Waals surface area contributed by atoms with Crippen molar-refractivity contribution in [2.45, 2.75) is 44.9 Å². The fraction of sp³-hybridized carbons (Fsp3) is 0.321. The Bertz CT molecular complexity index is 1430. The number of sulfonamides is 1. The van der Waals surface area contributed by atoms with E-state index in [2.05, 4.69) is 0 Å².